The van der Waals surface area contributed by atoms with Gasteiger partial charge in [-0.15, -0.1) is 0 Å². The van der Waals surface area contributed by atoms with Crippen LogP contribution in [0.3, 0.4) is 0 Å². The summed E-state index contributed by atoms with van der Waals surface area (Å²) in [5.74, 6) is 0. The molecule has 0 N–H and O–H groups in total. The normalized spacial score (nSPS) is 11.5. The van der Waals surface area contributed by atoms with Crippen LogP contribution in [-0.2, 0) is 4.74 Å². The van der Waals surface area contributed by atoms with Crippen LogP contribution in [0.4, 0.5) is 0 Å². The van der Waals surface area contributed by atoms with E-state index in [1.807, 2.05) is 24.9 Å². The molecule has 0 amide bonds. The molecule has 0 aliphatic carbocycles. The summed E-state index contributed by atoms with van der Waals surface area (Å²) in [6.45, 7) is 5.80. The standard InChI is InChI=1S/C10H20NO/c1-5-8-12-9-10(2)6-7-11(3)4/h6-7H,5,8-9H2,1-4H3/q+1/b10-6+. The average Bonchev–Trinajstić information content (AvgIpc) is 2.01. The molecular weight excluding hydrogens is 150 g/mol. The molecule has 2 heteroatoms. The van der Waals surface area contributed by atoms with Crippen LogP contribution in [-0.4, -0.2) is 38.1 Å². The van der Waals surface area contributed by atoms with Gasteiger partial charge in [-0.25, -0.2) is 4.58 Å². The Balaban J connectivity index is 3.63. The highest BCUT2D eigenvalue weighted by atomic mass is 16.5. The SMILES string of the molecule is CCCOC/C(C)=C/C=[N+](C)C. The lowest BCUT2D eigenvalue weighted by Crippen LogP contribution is -2.00. The van der Waals surface area contributed by atoms with Crippen LogP contribution in [0.2, 0.25) is 0 Å². The molecule has 0 aromatic carbocycles. The van der Waals surface area contributed by atoms with E-state index in [-0.39, 0.29) is 0 Å². The first-order valence-electron chi connectivity index (χ1n) is 4.41. The van der Waals surface area contributed by atoms with E-state index in [9.17, 15) is 0 Å². The van der Waals surface area contributed by atoms with Gasteiger partial charge >= 0.3 is 0 Å². The minimum Gasteiger partial charge on any atom is -0.377 e. The minimum atomic E-state index is 0.748. The highest BCUT2D eigenvalue weighted by Crippen LogP contribution is 1.92. The fraction of sp³-hybridized carbons (Fsp3) is 0.700. The predicted octanol–water partition coefficient (Wildman–Crippen LogP) is 1.70. The van der Waals surface area contributed by atoms with Gasteiger partial charge in [0.1, 0.15) is 14.1 Å². The first kappa shape index (κ1) is 11.4. The van der Waals surface area contributed by atoms with Crippen LogP contribution in [0.5, 0.6) is 0 Å². The molecule has 0 fully saturated rings. The number of ether oxygens (including phenoxy) is 1. The van der Waals surface area contributed by atoms with E-state index < -0.39 is 0 Å². The smallest absolute Gasteiger partial charge is 0.162 e. The topological polar surface area (TPSA) is 12.2 Å². The Hall–Kier alpha value is -0.630. The van der Waals surface area contributed by atoms with E-state index in [1.165, 1.54) is 5.57 Å². The maximum atomic E-state index is 5.37. The van der Waals surface area contributed by atoms with Crippen LogP contribution in [0, 0.1) is 0 Å². The summed E-state index contributed by atoms with van der Waals surface area (Å²) < 4.78 is 7.39. The van der Waals surface area contributed by atoms with Crippen molar-refractivity contribution in [3.63, 3.8) is 0 Å². The number of hydrogen-bond donors (Lipinski definition) is 0. The molecule has 0 rings (SSSR count). The monoisotopic (exact) mass is 170 g/mol. The Bertz CT molecular complexity index is 167. The Morgan fingerprint density at radius 3 is 2.58 bits per heavy atom. The summed E-state index contributed by atoms with van der Waals surface area (Å²) in [6, 6.07) is 0. The van der Waals surface area contributed by atoms with Crippen molar-refractivity contribution in [3.05, 3.63) is 11.6 Å². The first-order valence-corrected chi connectivity index (χ1v) is 4.41. The Kier molecular flexibility index (Phi) is 6.67. The molecule has 0 unspecified atom stereocenters. The van der Waals surface area contributed by atoms with Crippen molar-refractivity contribution in [2.75, 3.05) is 27.3 Å². The van der Waals surface area contributed by atoms with Gasteiger partial charge in [-0.05, 0) is 18.9 Å². The lowest BCUT2D eigenvalue weighted by molar-refractivity contribution is -0.458. The van der Waals surface area contributed by atoms with Crippen molar-refractivity contribution in [1.82, 2.24) is 0 Å². The Labute approximate surface area is 75.6 Å². The largest absolute Gasteiger partial charge is 0.377 e. The molecule has 0 radical (unpaired) electrons. The molecule has 0 aromatic heterocycles. The summed E-state index contributed by atoms with van der Waals surface area (Å²) in [5, 5.41) is 0. The second-order valence-corrected chi connectivity index (χ2v) is 3.18. The molecule has 0 saturated carbocycles. The maximum absolute atomic E-state index is 5.37. The van der Waals surface area contributed by atoms with E-state index in [1.54, 1.807) is 0 Å². The third kappa shape index (κ3) is 7.48. The molecule has 0 bridgehead atoms. The van der Waals surface area contributed by atoms with Crippen molar-refractivity contribution >= 4 is 6.21 Å². The molecule has 0 saturated heterocycles. The predicted molar refractivity (Wildman–Crippen MR) is 53.0 cm³/mol. The van der Waals surface area contributed by atoms with Crippen LogP contribution in [0.1, 0.15) is 20.3 Å². The summed E-state index contributed by atoms with van der Waals surface area (Å²) in [5.41, 5.74) is 1.26. The molecule has 0 heterocycles. The molecule has 70 valence electrons. The summed E-state index contributed by atoms with van der Waals surface area (Å²) in [6.07, 6.45) is 5.20. The van der Waals surface area contributed by atoms with E-state index in [0.29, 0.717) is 0 Å². The fourth-order valence-corrected chi connectivity index (χ4v) is 0.702. The van der Waals surface area contributed by atoms with Crippen LogP contribution >= 0.6 is 0 Å². The van der Waals surface area contributed by atoms with Gasteiger partial charge in [0, 0.05) is 12.7 Å². The van der Waals surface area contributed by atoms with Crippen LogP contribution in [0.15, 0.2) is 11.6 Å². The zero-order chi connectivity index (χ0) is 9.40. The van der Waals surface area contributed by atoms with Gasteiger partial charge in [0.05, 0.1) is 6.61 Å². The van der Waals surface area contributed by atoms with Crippen LogP contribution < -0.4 is 0 Å². The Morgan fingerprint density at radius 1 is 1.42 bits per heavy atom. The Morgan fingerprint density at radius 2 is 2.08 bits per heavy atom. The van der Waals surface area contributed by atoms with Crippen molar-refractivity contribution in [2.24, 2.45) is 0 Å². The molecular formula is C10H20NO+. The van der Waals surface area contributed by atoms with E-state index >= 15 is 0 Å². The van der Waals surface area contributed by atoms with Gasteiger partial charge in [0.15, 0.2) is 6.21 Å². The van der Waals surface area contributed by atoms with E-state index in [2.05, 4.69) is 19.9 Å². The van der Waals surface area contributed by atoms with Crippen molar-refractivity contribution in [1.29, 1.82) is 0 Å². The third-order valence-corrected chi connectivity index (χ3v) is 1.34. The van der Waals surface area contributed by atoms with Crippen LogP contribution in [0.25, 0.3) is 0 Å². The van der Waals surface area contributed by atoms with Gasteiger partial charge in [0.2, 0.25) is 0 Å². The number of rotatable bonds is 5. The molecule has 2 nitrogen and oxygen atoms in total. The summed E-state index contributed by atoms with van der Waals surface area (Å²) >= 11 is 0. The van der Waals surface area contributed by atoms with Gasteiger partial charge in [0.25, 0.3) is 0 Å². The summed E-state index contributed by atoms with van der Waals surface area (Å²) in [7, 11) is 4.02. The molecule has 12 heavy (non-hydrogen) atoms. The number of hydrogen-bond acceptors (Lipinski definition) is 1. The molecule has 0 aliphatic heterocycles. The highest BCUT2D eigenvalue weighted by Gasteiger charge is 1.89. The third-order valence-electron chi connectivity index (χ3n) is 1.34. The van der Waals surface area contributed by atoms with Gasteiger partial charge in [-0.1, -0.05) is 6.92 Å². The molecule has 0 aromatic rings. The first-order chi connectivity index (χ1) is 5.66. The lowest BCUT2D eigenvalue weighted by Gasteiger charge is -2.00. The number of allylic oxidation sites excluding steroid dienone is 1. The number of nitrogens with zero attached hydrogens (tertiary/aromatic N) is 1. The van der Waals surface area contributed by atoms with Crippen molar-refractivity contribution < 1.29 is 9.31 Å². The second kappa shape index (κ2) is 7.04. The van der Waals surface area contributed by atoms with E-state index in [4.69, 9.17) is 4.74 Å². The quantitative estimate of drug-likeness (QED) is 0.347. The average molecular weight is 170 g/mol. The second-order valence-electron chi connectivity index (χ2n) is 3.18. The summed E-state index contributed by atoms with van der Waals surface area (Å²) in [4.78, 5) is 0. The molecule has 0 aliphatic rings. The fourth-order valence-electron chi connectivity index (χ4n) is 0.702. The van der Waals surface area contributed by atoms with Crippen molar-refractivity contribution in [3.8, 4) is 0 Å². The van der Waals surface area contributed by atoms with Gasteiger partial charge in [-0.3, -0.25) is 0 Å². The van der Waals surface area contributed by atoms with E-state index in [0.717, 1.165) is 19.6 Å². The lowest BCUT2D eigenvalue weighted by atomic mass is 10.3. The van der Waals surface area contributed by atoms with Crippen molar-refractivity contribution in [2.45, 2.75) is 20.3 Å². The zero-order valence-corrected chi connectivity index (χ0v) is 8.63. The maximum Gasteiger partial charge on any atom is 0.162 e. The van der Waals surface area contributed by atoms with Gasteiger partial charge in [-0.2, -0.15) is 0 Å². The zero-order valence-electron chi connectivity index (χ0n) is 8.63. The minimum absolute atomic E-state index is 0.748. The highest BCUT2D eigenvalue weighted by molar-refractivity contribution is 5.67. The molecule has 0 atom stereocenters. The van der Waals surface area contributed by atoms with Gasteiger partial charge < -0.3 is 4.74 Å². The molecule has 0 spiro atoms.